The summed E-state index contributed by atoms with van der Waals surface area (Å²) < 4.78 is 2.98. The Morgan fingerprint density at radius 3 is 2.92 bits per heavy atom. The third-order valence-corrected chi connectivity index (χ3v) is 2.59. The number of benzene rings is 1. The molecule has 0 unspecified atom stereocenters. The van der Waals surface area contributed by atoms with Crippen LogP contribution >= 0.6 is 15.9 Å². The third-order valence-electron chi connectivity index (χ3n) is 2.09. The second kappa shape index (κ2) is 2.59. The standard InChI is InChI=1S/C9H9BrN2/c1-6-8-4-3-7(10)5-9(8)11-12(6)2/h3-5H,1-2H3. The monoisotopic (exact) mass is 224 g/mol. The minimum atomic E-state index is 1.05. The van der Waals surface area contributed by atoms with Crippen LogP contribution < -0.4 is 0 Å². The largest absolute Gasteiger partial charge is 0.272 e. The maximum Gasteiger partial charge on any atom is 0.0937 e. The van der Waals surface area contributed by atoms with Crippen molar-refractivity contribution in [3.8, 4) is 0 Å². The molecule has 1 aromatic carbocycles. The fraction of sp³-hybridized carbons (Fsp3) is 0.222. The molecule has 0 aliphatic rings. The average Bonchev–Trinajstić information content (AvgIpc) is 2.28. The van der Waals surface area contributed by atoms with Crippen LogP contribution in [0.4, 0.5) is 0 Å². The Bertz CT molecular complexity index is 431. The molecule has 0 amide bonds. The average molecular weight is 225 g/mol. The van der Waals surface area contributed by atoms with Crippen LogP contribution in [0.2, 0.25) is 0 Å². The van der Waals surface area contributed by atoms with Crippen molar-refractivity contribution in [1.82, 2.24) is 9.78 Å². The van der Waals surface area contributed by atoms with E-state index < -0.39 is 0 Å². The number of halogens is 1. The number of hydrogen-bond acceptors (Lipinski definition) is 1. The van der Waals surface area contributed by atoms with Gasteiger partial charge in [-0.05, 0) is 25.1 Å². The summed E-state index contributed by atoms with van der Waals surface area (Å²) in [7, 11) is 1.96. The molecule has 62 valence electrons. The van der Waals surface area contributed by atoms with Gasteiger partial charge in [-0.25, -0.2) is 0 Å². The summed E-state index contributed by atoms with van der Waals surface area (Å²) >= 11 is 3.42. The predicted octanol–water partition coefficient (Wildman–Crippen LogP) is 2.64. The van der Waals surface area contributed by atoms with Gasteiger partial charge in [0.15, 0.2) is 0 Å². The molecule has 3 heteroatoms. The van der Waals surface area contributed by atoms with Gasteiger partial charge in [0.05, 0.1) is 5.52 Å². The topological polar surface area (TPSA) is 17.8 Å². The molecular formula is C9H9BrN2. The smallest absolute Gasteiger partial charge is 0.0937 e. The molecule has 12 heavy (non-hydrogen) atoms. The Labute approximate surface area is 79.3 Å². The summed E-state index contributed by atoms with van der Waals surface area (Å²) in [4.78, 5) is 0. The zero-order valence-electron chi connectivity index (χ0n) is 7.00. The Morgan fingerprint density at radius 2 is 2.17 bits per heavy atom. The van der Waals surface area contributed by atoms with Gasteiger partial charge in [-0.3, -0.25) is 4.68 Å². The van der Waals surface area contributed by atoms with Crippen LogP contribution in [0.5, 0.6) is 0 Å². The van der Waals surface area contributed by atoms with Gasteiger partial charge in [0, 0.05) is 22.6 Å². The van der Waals surface area contributed by atoms with Gasteiger partial charge in [0.25, 0.3) is 0 Å². The van der Waals surface area contributed by atoms with E-state index in [0.29, 0.717) is 0 Å². The summed E-state index contributed by atoms with van der Waals surface area (Å²) in [6, 6.07) is 6.15. The molecule has 0 atom stereocenters. The minimum absolute atomic E-state index is 1.05. The van der Waals surface area contributed by atoms with Crippen molar-refractivity contribution >= 4 is 26.8 Å². The first-order valence-corrected chi connectivity index (χ1v) is 4.56. The zero-order valence-corrected chi connectivity index (χ0v) is 8.59. The highest BCUT2D eigenvalue weighted by Gasteiger charge is 2.03. The van der Waals surface area contributed by atoms with Gasteiger partial charge in [0.1, 0.15) is 0 Å². The van der Waals surface area contributed by atoms with Gasteiger partial charge < -0.3 is 0 Å². The van der Waals surface area contributed by atoms with Crippen molar-refractivity contribution in [2.24, 2.45) is 7.05 Å². The normalized spacial score (nSPS) is 10.9. The Balaban J connectivity index is 2.87. The molecule has 0 saturated carbocycles. The Kier molecular flexibility index (Phi) is 1.68. The second-order valence-corrected chi connectivity index (χ2v) is 3.79. The molecule has 0 radical (unpaired) electrons. The lowest BCUT2D eigenvalue weighted by Crippen LogP contribution is -1.91. The lowest BCUT2D eigenvalue weighted by Gasteiger charge is -1.91. The van der Waals surface area contributed by atoms with Gasteiger partial charge in [-0.1, -0.05) is 15.9 Å². The summed E-state index contributed by atoms with van der Waals surface area (Å²) in [5.41, 5.74) is 2.25. The maximum absolute atomic E-state index is 4.36. The van der Waals surface area contributed by atoms with Gasteiger partial charge in [-0.2, -0.15) is 5.10 Å². The van der Waals surface area contributed by atoms with E-state index in [1.54, 1.807) is 0 Å². The van der Waals surface area contributed by atoms with E-state index in [2.05, 4.69) is 34.0 Å². The van der Waals surface area contributed by atoms with E-state index in [9.17, 15) is 0 Å². The summed E-state index contributed by atoms with van der Waals surface area (Å²) in [5, 5.41) is 5.58. The van der Waals surface area contributed by atoms with Crippen LogP contribution in [-0.4, -0.2) is 9.78 Å². The molecule has 0 fully saturated rings. The molecule has 0 N–H and O–H groups in total. The quantitative estimate of drug-likeness (QED) is 0.673. The number of fused-ring (bicyclic) bond motifs is 1. The summed E-state index contributed by atoms with van der Waals surface area (Å²) in [6.45, 7) is 2.07. The fourth-order valence-electron chi connectivity index (χ4n) is 1.30. The molecule has 0 bridgehead atoms. The molecule has 0 aliphatic heterocycles. The maximum atomic E-state index is 4.36. The van der Waals surface area contributed by atoms with Gasteiger partial charge in [-0.15, -0.1) is 0 Å². The number of rotatable bonds is 0. The highest BCUT2D eigenvalue weighted by Crippen LogP contribution is 2.20. The number of hydrogen-bond donors (Lipinski definition) is 0. The van der Waals surface area contributed by atoms with Crippen LogP contribution in [0.15, 0.2) is 22.7 Å². The molecule has 1 aromatic heterocycles. The van der Waals surface area contributed by atoms with Crippen molar-refractivity contribution in [3.05, 3.63) is 28.4 Å². The summed E-state index contributed by atoms with van der Waals surface area (Å²) in [5.74, 6) is 0. The van der Waals surface area contributed by atoms with Crippen molar-refractivity contribution < 1.29 is 0 Å². The van der Waals surface area contributed by atoms with Crippen molar-refractivity contribution in [1.29, 1.82) is 0 Å². The molecular weight excluding hydrogens is 216 g/mol. The highest BCUT2D eigenvalue weighted by molar-refractivity contribution is 9.10. The van der Waals surface area contributed by atoms with E-state index in [1.165, 1.54) is 11.1 Å². The van der Waals surface area contributed by atoms with E-state index in [0.717, 1.165) is 9.99 Å². The first-order valence-electron chi connectivity index (χ1n) is 3.77. The third kappa shape index (κ3) is 1.05. The van der Waals surface area contributed by atoms with E-state index >= 15 is 0 Å². The second-order valence-electron chi connectivity index (χ2n) is 2.87. The lowest BCUT2D eigenvalue weighted by molar-refractivity contribution is 0.751. The summed E-state index contributed by atoms with van der Waals surface area (Å²) in [6.07, 6.45) is 0. The van der Waals surface area contributed by atoms with Crippen molar-refractivity contribution in [3.63, 3.8) is 0 Å². The van der Waals surface area contributed by atoms with Gasteiger partial charge in [0.2, 0.25) is 0 Å². The van der Waals surface area contributed by atoms with Crippen LogP contribution in [0.25, 0.3) is 10.9 Å². The molecule has 1 heterocycles. The highest BCUT2D eigenvalue weighted by atomic mass is 79.9. The first kappa shape index (κ1) is 7.80. The minimum Gasteiger partial charge on any atom is -0.272 e. The number of aryl methyl sites for hydroxylation is 2. The van der Waals surface area contributed by atoms with E-state index in [-0.39, 0.29) is 0 Å². The van der Waals surface area contributed by atoms with Crippen molar-refractivity contribution in [2.75, 3.05) is 0 Å². The molecule has 2 nitrogen and oxygen atoms in total. The first-order chi connectivity index (χ1) is 5.68. The molecule has 0 saturated heterocycles. The predicted molar refractivity (Wildman–Crippen MR) is 53.2 cm³/mol. The van der Waals surface area contributed by atoms with Crippen LogP contribution in [0, 0.1) is 6.92 Å². The Morgan fingerprint density at radius 1 is 1.42 bits per heavy atom. The molecule has 0 spiro atoms. The zero-order chi connectivity index (χ0) is 8.72. The molecule has 2 rings (SSSR count). The van der Waals surface area contributed by atoms with Crippen LogP contribution in [0.3, 0.4) is 0 Å². The van der Waals surface area contributed by atoms with Crippen LogP contribution in [0.1, 0.15) is 5.69 Å². The van der Waals surface area contributed by atoms with Crippen molar-refractivity contribution in [2.45, 2.75) is 6.92 Å². The SMILES string of the molecule is Cc1c2ccc(Br)cc2nn1C. The van der Waals surface area contributed by atoms with E-state index in [4.69, 9.17) is 0 Å². The van der Waals surface area contributed by atoms with Gasteiger partial charge >= 0.3 is 0 Å². The molecule has 0 aliphatic carbocycles. The lowest BCUT2D eigenvalue weighted by atomic mass is 10.2. The number of aromatic nitrogens is 2. The fourth-order valence-corrected chi connectivity index (χ4v) is 1.65. The van der Waals surface area contributed by atoms with E-state index in [1.807, 2.05) is 23.9 Å². The molecule has 2 aromatic rings. The number of nitrogens with zero attached hydrogens (tertiary/aromatic N) is 2. The van der Waals surface area contributed by atoms with Crippen LogP contribution in [-0.2, 0) is 7.05 Å². The Hall–Kier alpha value is -0.830.